The number of aryl methyl sites for hydroxylation is 1. The Balaban J connectivity index is 2.01. The number of likely N-dealkylation sites (N-methyl/N-ethyl adjacent to an activating group) is 1. The Labute approximate surface area is 127 Å². The second-order valence-corrected chi connectivity index (χ2v) is 6.03. The number of guanidine groups is 1. The van der Waals surface area contributed by atoms with E-state index in [1.165, 1.54) is 31.2 Å². The number of hydrogen-bond acceptors (Lipinski definition) is 3. The Morgan fingerprint density at radius 1 is 1.33 bits per heavy atom. The van der Waals surface area contributed by atoms with E-state index in [1.807, 2.05) is 24.1 Å². The molecule has 1 aliphatic rings. The SMILES string of the molecule is CN(C)C(CN=C(N)N1CCCCCC1)c1cnn(C)c1. The molecule has 2 heterocycles. The van der Waals surface area contributed by atoms with Gasteiger partial charge in [-0.1, -0.05) is 12.8 Å². The maximum absolute atomic E-state index is 6.19. The Hall–Kier alpha value is -1.56. The average molecular weight is 292 g/mol. The Bertz CT molecular complexity index is 456. The van der Waals surface area contributed by atoms with Gasteiger partial charge in [0.1, 0.15) is 0 Å². The topological polar surface area (TPSA) is 62.7 Å². The van der Waals surface area contributed by atoms with Crippen LogP contribution in [0.5, 0.6) is 0 Å². The molecule has 0 aliphatic carbocycles. The molecule has 2 rings (SSSR count). The molecule has 0 radical (unpaired) electrons. The predicted molar refractivity (Wildman–Crippen MR) is 86.2 cm³/mol. The van der Waals surface area contributed by atoms with Crippen LogP contribution in [0.1, 0.15) is 37.3 Å². The van der Waals surface area contributed by atoms with Gasteiger partial charge in [0.2, 0.25) is 0 Å². The molecule has 0 saturated carbocycles. The van der Waals surface area contributed by atoms with Crippen molar-refractivity contribution in [3.05, 3.63) is 18.0 Å². The van der Waals surface area contributed by atoms with E-state index in [0.717, 1.165) is 13.1 Å². The molecule has 6 nitrogen and oxygen atoms in total. The van der Waals surface area contributed by atoms with Crippen LogP contribution in [0.25, 0.3) is 0 Å². The molecule has 1 aliphatic heterocycles. The summed E-state index contributed by atoms with van der Waals surface area (Å²) in [5.74, 6) is 0.688. The third-order valence-corrected chi connectivity index (χ3v) is 4.09. The van der Waals surface area contributed by atoms with Crippen molar-refractivity contribution in [1.82, 2.24) is 19.6 Å². The first-order valence-corrected chi connectivity index (χ1v) is 7.78. The number of rotatable bonds is 4. The minimum atomic E-state index is 0.212. The average Bonchev–Trinajstić information content (AvgIpc) is 2.71. The van der Waals surface area contributed by atoms with Gasteiger partial charge in [0, 0.05) is 31.9 Å². The largest absolute Gasteiger partial charge is 0.370 e. The summed E-state index contributed by atoms with van der Waals surface area (Å²) >= 11 is 0. The van der Waals surface area contributed by atoms with Crippen molar-refractivity contribution < 1.29 is 0 Å². The first kappa shape index (κ1) is 15.8. The molecule has 21 heavy (non-hydrogen) atoms. The smallest absolute Gasteiger partial charge is 0.191 e. The van der Waals surface area contributed by atoms with E-state index in [1.54, 1.807) is 0 Å². The summed E-state index contributed by atoms with van der Waals surface area (Å²) in [5, 5.41) is 4.25. The molecule has 1 unspecified atom stereocenters. The van der Waals surface area contributed by atoms with E-state index in [9.17, 15) is 0 Å². The Kier molecular flexibility index (Phi) is 5.61. The van der Waals surface area contributed by atoms with Crippen LogP contribution in [0.2, 0.25) is 0 Å². The van der Waals surface area contributed by atoms with Crippen LogP contribution in [0.15, 0.2) is 17.4 Å². The van der Waals surface area contributed by atoms with E-state index < -0.39 is 0 Å². The van der Waals surface area contributed by atoms with Crippen LogP contribution < -0.4 is 5.73 Å². The minimum Gasteiger partial charge on any atom is -0.370 e. The second-order valence-electron chi connectivity index (χ2n) is 6.03. The number of nitrogens with zero attached hydrogens (tertiary/aromatic N) is 5. The van der Waals surface area contributed by atoms with Gasteiger partial charge in [-0.2, -0.15) is 5.10 Å². The lowest BCUT2D eigenvalue weighted by molar-refractivity contribution is 0.305. The van der Waals surface area contributed by atoms with Crippen molar-refractivity contribution in [2.24, 2.45) is 17.8 Å². The molecule has 2 N–H and O–H groups in total. The number of hydrogen-bond donors (Lipinski definition) is 1. The molecular weight excluding hydrogens is 264 g/mol. The molecule has 1 fully saturated rings. The monoisotopic (exact) mass is 292 g/mol. The van der Waals surface area contributed by atoms with Gasteiger partial charge in [-0.15, -0.1) is 0 Å². The maximum atomic E-state index is 6.19. The summed E-state index contributed by atoms with van der Waals surface area (Å²) in [7, 11) is 6.07. The summed E-state index contributed by atoms with van der Waals surface area (Å²) < 4.78 is 1.83. The Morgan fingerprint density at radius 3 is 2.52 bits per heavy atom. The molecule has 118 valence electrons. The third-order valence-electron chi connectivity index (χ3n) is 4.09. The highest BCUT2D eigenvalue weighted by atomic mass is 15.3. The summed E-state index contributed by atoms with van der Waals surface area (Å²) in [6.45, 7) is 2.74. The van der Waals surface area contributed by atoms with Crippen LogP contribution in [-0.2, 0) is 7.05 Å². The molecule has 0 spiro atoms. The number of likely N-dealkylation sites (tertiary alicyclic amines) is 1. The Morgan fingerprint density at radius 2 is 2.00 bits per heavy atom. The van der Waals surface area contributed by atoms with Gasteiger partial charge in [-0.05, 0) is 26.9 Å². The molecule has 0 aromatic carbocycles. The third kappa shape index (κ3) is 4.46. The van der Waals surface area contributed by atoms with Crippen LogP contribution in [0.3, 0.4) is 0 Å². The molecule has 1 atom stereocenters. The van der Waals surface area contributed by atoms with Gasteiger partial charge in [0.05, 0.1) is 18.8 Å². The lowest BCUT2D eigenvalue weighted by Crippen LogP contribution is -2.38. The maximum Gasteiger partial charge on any atom is 0.191 e. The number of aromatic nitrogens is 2. The van der Waals surface area contributed by atoms with E-state index in [2.05, 4.69) is 34.0 Å². The van der Waals surface area contributed by atoms with Crippen molar-refractivity contribution >= 4 is 5.96 Å². The molecule has 6 heteroatoms. The molecule has 0 bridgehead atoms. The quantitative estimate of drug-likeness (QED) is 0.669. The van der Waals surface area contributed by atoms with E-state index in [-0.39, 0.29) is 6.04 Å². The zero-order chi connectivity index (χ0) is 15.2. The number of aliphatic imine (C=N–C) groups is 1. The van der Waals surface area contributed by atoms with Crippen molar-refractivity contribution in [3.8, 4) is 0 Å². The van der Waals surface area contributed by atoms with Gasteiger partial charge in [-0.3, -0.25) is 9.67 Å². The highest BCUT2D eigenvalue weighted by molar-refractivity contribution is 5.78. The fraction of sp³-hybridized carbons (Fsp3) is 0.733. The van der Waals surface area contributed by atoms with Crippen LogP contribution in [0.4, 0.5) is 0 Å². The predicted octanol–water partition coefficient (Wildman–Crippen LogP) is 1.21. The first-order chi connectivity index (χ1) is 10.1. The van der Waals surface area contributed by atoms with E-state index in [4.69, 9.17) is 5.73 Å². The van der Waals surface area contributed by atoms with Gasteiger partial charge in [0.15, 0.2) is 5.96 Å². The van der Waals surface area contributed by atoms with Crippen molar-refractivity contribution in [2.75, 3.05) is 33.7 Å². The van der Waals surface area contributed by atoms with Gasteiger partial charge in [0.25, 0.3) is 0 Å². The lowest BCUT2D eigenvalue weighted by atomic mass is 10.1. The lowest BCUT2D eigenvalue weighted by Gasteiger charge is -2.24. The first-order valence-electron chi connectivity index (χ1n) is 7.78. The molecular formula is C15H28N6. The zero-order valence-electron chi connectivity index (χ0n) is 13.5. The van der Waals surface area contributed by atoms with Crippen molar-refractivity contribution in [1.29, 1.82) is 0 Å². The summed E-state index contributed by atoms with van der Waals surface area (Å²) in [6, 6.07) is 0.212. The van der Waals surface area contributed by atoms with Crippen LogP contribution in [-0.4, -0.2) is 59.3 Å². The number of nitrogens with two attached hydrogens (primary N) is 1. The molecule has 1 saturated heterocycles. The highest BCUT2D eigenvalue weighted by Gasteiger charge is 2.17. The molecule has 1 aromatic heterocycles. The summed E-state index contributed by atoms with van der Waals surface area (Å²) in [5.41, 5.74) is 7.36. The summed E-state index contributed by atoms with van der Waals surface area (Å²) in [6.07, 6.45) is 9.00. The van der Waals surface area contributed by atoms with E-state index in [0.29, 0.717) is 12.5 Å². The second kappa shape index (κ2) is 7.45. The standard InChI is InChI=1S/C15H28N6/c1-19(2)14(13-10-18-20(3)12-13)11-17-15(16)21-8-6-4-5-7-9-21/h10,12,14H,4-9,11H2,1-3H3,(H2,16,17). The fourth-order valence-electron chi connectivity index (χ4n) is 2.76. The zero-order valence-corrected chi connectivity index (χ0v) is 13.5. The highest BCUT2D eigenvalue weighted by Crippen LogP contribution is 2.18. The van der Waals surface area contributed by atoms with Gasteiger partial charge < -0.3 is 15.5 Å². The fourth-order valence-corrected chi connectivity index (χ4v) is 2.76. The van der Waals surface area contributed by atoms with Crippen molar-refractivity contribution in [2.45, 2.75) is 31.7 Å². The van der Waals surface area contributed by atoms with E-state index >= 15 is 0 Å². The minimum absolute atomic E-state index is 0.212. The van der Waals surface area contributed by atoms with Gasteiger partial charge in [-0.25, -0.2) is 0 Å². The summed E-state index contributed by atoms with van der Waals surface area (Å²) in [4.78, 5) is 9.03. The molecule has 0 amide bonds. The van der Waals surface area contributed by atoms with Gasteiger partial charge >= 0.3 is 0 Å². The van der Waals surface area contributed by atoms with Crippen molar-refractivity contribution in [3.63, 3.8) is 0 Å². The molecule has 1 aromatic rings. The van der Waals surface area contributed by atoms with Crippen LogP contribution >= 0.6 is 0 Å². The normalized spacial score (nSPS) is 18.9. The van der Waals surface area contributed by atoms with Crippen LogP contribution in [0, 0.1) is 0 Å².